The molecule has 1 aromatic rings. The highest BCUT2D eigenvalue weighted by Gasteiger charge is 2.12. The molecule has 0 atom stereocenters. The largest absolute Gasteiger partial charge is 0.345 e. The van der Waals surface area contributed by atoms with Gasteiger partial charge in [0.05, 0.1) is 0 Å². The standard InChI is InChI=1S/C14H21N3O.2ClH/c1-16(2)14(18)13-5-3-4-12(10-13)11-17-8-6-15-7-9-17;;/h3-5,10,15H,6-9,11H2,1-2H3;2*1H. The number of carbonyl (C=O) groups is 1. The van der Waals surface area contributed by atoms with Crippen LogP contribution in [0.3, 0.4) is 0 Å². The highest BCUT2D eigenvalue weighted by molar-refractivity contribution is 5.94. The Bertz CT molecular complexity index is 421. The van der Waals surface area contributed by atoms with E-state index in [9.17, 15) is 4.79 Å². The molecule has 1 N–H and O–H groups in total. The SMILES string of the molecule is CN(C)C(=O)c1cccc(CN2CCNCC2)c1.Cl.Cl. The molecule has 6 heteroatoms. The number of carbonyl (C=O) groups excluding carboxylic acids is 1. The molecule has 2 rings (SSSR count). The number of rotatable bonds is 3. The lowest BCUT2D eigenvalue weighted by atomic mass is 10.1. The van der Waals surface area contributed by atoms with Crippen LogP contribution in [-0.4, -0.2) is 56.0 Å². The second-order valence-corrected chi connectivity index (χ2v) is 4.93. The van der Waals surface area contributed by atoms with Gasteiger partial charge in [-0.15, -0.1) is 24.8 Å². The first-order chi connectivity index (χ1) is 8.66. The molecular formula is C14H23Cl2N3O. The van der Waals surface area contributed by atoms with Crippen molar-refractivity contribution in [1.29, 1.82) is 0 Å². The minimum Gasteiger partial charge on any atom is -0.345 e. The van der Waals surface area contributed by atoms with Gasteiger partial charge >= 0.3 is 0 Å². The van der Waals surface area contributed by atoms with Crippen LogP contribution in [0.2, 0.25) is 0 Å². The summed E-state index contributed by atoms with van der Waals surface area (Å²) in [6.45, 7) is 5.18. The summed E-state index contributed by atoms with van der Waals surface area (Å²) in [5, 5.41) is 3.34. The maximum atomic E-state index is 11.9. The van der Waals surface area contributed by atoms with E-state index in [0.29, 0.717) is 0 Å². The zero-order valence-electron chi connectivity index (χ0n) is 12.0. The highest BCUT2D eigenvalue weighted by atomic mass is 35.5. The van der Waals surface area contributed by atoms with Gasteiger partial charge in [0, 0.05) is 52.4 Å². The third-order valence-corrected chi connectivity index (χ3v) is 3.20. The summed E-state index contributed by atoms with van der Waals surface area (Å²) >= 11 is 0. The number of halogens is 2. The molecule has 4 nitrogen and oxygen atoms in total. The molecule has 1 amide bonds. The second-order valence-electron chi connectivity index (χ2n) is 4.93. The van der Waals surface area contributed by atoms with E-state index in [-0.39, 0.29) is 30.7 Å². The molecule has 0 unspecified atom stereocenters. The lowest BCUT2D eigenvalue weighted by Gasteiger charge is -2.27. The lowest BCUT2D eigenvalue weighted by Crippen LogP contribution is -2.42. The van der Waals surface area contributed by atoms with E-state index in [0.717, 1.165) is 38.3 Å². The van der Waals surface area contributed by atoms with Crippen molar-refractivity contribution in [3.63, 3.8) is 0 Å². The summed E-state index contributed by atoms with van der Waals surface area (Å²) in [5.41, 5.74) is 1.98. The normalized spacial score (nSPS) is 14.9. The van der Waals surface area contributed by atoms with E-state index in [4.69, 9.17) is 0 Å². The van der Waals surface area contributed by atoms with E-state index in [1.807, 2.05) is 18.2 Å². The van der Waals surface area contributed by atoms with Crippen LogP contribution in [0.1, 0.15) is 15.9 Å². The molecule has 1 aliphatic rings. The van der Waals surface area contributed by atoms with Gasteiger partial charge in [0.2, 0.25) is 0 Å². The number of amides is 1. The Kier molecular flexibility index (Phi) is 8.81. The number of hydrogen-bond acceptors (Lipinski definition) is 3. The van der Waals surface area contributed by atoms with Crippen LogP contribution in [0.5, 0.6) is 0 Å². The topological polar surface area (TPSA) is 35.6 Å². The van der Waals surface area contributed by atoms with Crippen molar-refractivity contribution >= 4 is 30.7 Å². The van der Waals surface area contributed by atoms with Crippen LogP contribution < -0.4 is 5.32 Å². The maximum Gasteiger partial charge on any atom is 0.253 e. The average molecular weight is 320 g/mol. The Labute approximate surface area is 133 Å². The zero-order chi connectivity index (χ0) is 13.0. The predicted octanol–water partition coefficient (Wildman–Crippen LogP) is 1.64. The Morgan fingerprint density at radius 3 is 2.50 bits per heavy atom. The Balaban J connectivity index is 0.00000180. The Morgan fingerprint density at radius 2 is 1.90 bits per heavy atom. The molecule has 1 aliphatic heterocycles. The van der Waals surface area contributed by atoms with Crippen molar-refractivity contribution in [1.82, 2.24) is 15.1 Å². The van der Waals surface area contributed by atoms with Gasteiger partial charge in [-0.25, -0.2) is 0 Å². The highest BCUT2D eigenvalue weighted by Crippen LogP contribution is 2.10. The van der Waals surface area contributed by atoms with Gasteiger partial charge in [0.15, 0.2) is 0 Å². The first kappa shape index (κ1) is 19.2. The molecule has 0 radical (unpaired) electrons. The monoisotopic (exact) mass is 319 g/mol. The van der Waals surface area contributed by atoms with Crippen LogP contribution >= 0.6 is 24.8 Å². The van der Waals surface area contributed by atoms with Gasteiger partial charge < -0.3 is 10.2 Å². The molecule has 0 aliphatic carbocycles. The van der Waals surface area contributed by atoms with Gasteiger partial charge in [0.25, 0.3) is 5.91 Å². The molecular weight excluding hydrogens is 297 g/mol. The molecule has 1 heterocycles. The van der Waals surface area contributed by atoms with Gasteiger partial charge in [-0.1, -0.05) is 12.1 Å². The molecule has 1 aromatic carbocycles. The summed E-state index contributed by atoms with van der Waals surface area (Å²) in [4.78, 5) is 15.9. The number of nitrogens with zero attached hydrogens (tertiary/aromatic N) is 2. The summed E-state index contributed by atoms with van der Waals surface area (Å²) in [6, 6.07) is 7.94. The first-order valence-corrected chi connectivity index (χ1v) is 6.40. The summed E-state index contributed by atoms with van der Waals surface area (Å²) in [5.74, 6) is 0.0668. The number of benzene rings is 1. The van der Waals surface area contributed by atoms with Crippen LogP contribution in [0.25, 0.3) is 0 Å². The fourth-order valence-corrected chi connectivity index (χ4v) is 2.19. The van der Waals surface area contributed by atoms with E-state index in [1.165, 1.54) is 5.56 Å². The summed E-state index contributed by atoms with van der Waals surface area (Å²) in [7, 11) is 3.57. The van der Waals surface area contributed by atoms with Gasteiger partial charge in [-0.3, -0.25) is 9.69 Å². The van der Waals surface area contributed by atoms with Gasteiger partial charge in [-0.2, -0.15) is 0 Å². The summed E-state index contributed by atoms with van der Waals surface area (Å²) < 4.78 is 0. The minimum absolute atomic E-state index is 0. The molecule has 1 saturated heterocycles. The van der Waals surface area contributed by atoms with Gasteiger partial charge in [0.1, 0.15) is 0 Å². The Morgan fingerprint density at radius 1 is 1.25 bits per heavy atom. The van der Waals surface area contributed by atoms with E-state index < -0.39 is 0 Å². The Hall–Kier alpha value is -0.810. The van der Waals surface area contributed by atoms with Crippen molar-refractivity contribution in [2.24, 2.45) is 0 Å². The molecule has 0 bridgehead atoms. The van der Waals surface area contributed by atoms with Crippen molar-refractivity contribution in [3.05, 3.63) is 35.4 Å². The smallest absolute Gasteiger partial charge is 0.253 e. The second kappa shape index (κ2) is 9.19. The molecule has 114 valence electrons. The minimum atomic E-state index is 0. The fraction of sp³-hybridized carbons (Fsp3) is 0.500. The number of piperazine rings is 1. The number of nitrogens with one attached hydrogen (secondary N) is 1. The quantitative estimate of drug-likeness (QED) is 0.920. The van der Waals surface area contributed by atoms with Crippen LogP contribution in [-0.2, 0) is 6.54 Å². The molecule has 0 saturated carbocycles. The van der Waals surface area contributed by atoms with Crippen LogP contribution in [0, 0.1) is 0 Å². The summed E-state index contributed by atoms with van der Waals surface area (Å²) in [6.07, 6.45) is 0. The van der Waals surface area contributed by atoms with Crippen molar-refractivity contribution in [2.45, 2.75) is 6.54 Å². The molecule has 0 aromatic heterocycles. The van der Waals surface area contributed by atoms with E-state index in [2.05, 4.69) is 16.3 Å². The molecule has 0 spiro atoms. The number of hydrogen-bond donors (Lipinski definition) is 1. The maximum absolute atomic E-state index is 11.9. The third-order valence-electron chi connectivity index (χ3n) is 3.20. The van der Waals surface area contributed by atoms with E-state index in [1.54, 1.807) is 19.0 Å². The molecule has 1 fully saturated rings. The molecule has 20 heavy (non-hydrogen) atoms. The average Bonchev–Trinajstić information content (AvgIpc) is 2.39. The van der Waals surface area contributed by atoms with Crippen LogP contribution in [0.15, 0.2) is 24.3 Å². The predicted molar refractivity (Wildman–Crippen MR) is 87.1 cm³/mol. The van der Waals surface area contributed by atoms with Gasteiger partial charge in [-0.05, 0) is 17.7 Å². The fourth-order valence-electron chi connectivity index (χ4n) is 2.19. The zero-order valence-corrected chi connectivity index (χ0v) is 13.6. The third kappa shape index (κ3) is 5.29. The van der Waals surface area contributed by atoms with Crippen molar-refractivity contribution in [2.75, 3.05) is 40.3 Å². The first-order valence-electron chi connectivity index (χ1n) is 6.40. The van der Waals surface area contributed by atoms with Crippen molar-refractivity contribution < 1.29 is 4.79 Å². The lowest BCUT2D eigenvalue weighted by molar-refractivity contribution is 0.0827. The van der Waals surface area contributed by atoms with E-state index >= 15 is 0 Å². The van der Waals surface area contributed by atoms with Crippen LogP contribution in [0.4, 0.5) is 0 Å². The van der Waals surface area contributed by atoms with Crippen molar-refractivity contribution in [3.8, 4) is 0 Å².